The molecule has 0 aliphatic heterocycles. The fourth-order valence-electron chi connectivity index (χ4n) is 4.12. The third-order valence-electron chi connectivity index (χ3n) is 5.98. The van der Waals surface area contributed by atoms with Gasteiger partial charge in [0, 0.05) is 48.7 Å². The van der Waals surface area contributed by atoms with Crippen LogP contribution in [0.4, 0.5) is 0 Å². The fourth-order valence-corrected chi connectivity index (χ4v) is 4.12. The van der Waals surface area contributed by atoms with Crippen LogP contribution in [0.5, 0.6) is 5.75 Å². The molecular formula is C27H31N3O5. The Kier molecular flexibility index (Phi) is 8.41. The largest absolute Gasteiger partial charge is 0.497 e. The molecule has 0 radical (unpaired) electrons. The van der Waals surface area contributed by atoms with Crippen molar-refractivity contribution in [3.05, 3.63) is 82.4 Å². The van der Waals surface area contributed by atoms with E-state index in [0.717, 1.165) is 5.69 Å². The molecule has 8 nitrogen and oxygen atoms in total. The summed E-state index contributed by atoms with van der Waals surface area (Å²) in [7, 11) is 3.26. The van der Waals surface area contributed by atoms with Crippen molar-refractivity contribution in [3.63, 3.8) is 0 Å². The lowest BCUT2D eigenvalue weighted by atomic mass is 10.0. The summed E-state index contributed by atoms with van der Waals surface area (Å²) < 4.78 is 12.1. The number of nitrogens with zero attached hydrogens (tertiary/aromatic N) is 3. The van der Waals surface area contributed by atoms with Gasteiger partial charge in [-0.25, -0.2) is 4.79 Å². The zero-order chi connectivity index (χ0) is 25.5. The van der Waals surface area contributed by atoms with Gasteiger partial charge < -0.3 is 18.9 Å². The van der Waals surface area contributed by atoms with Crippen LogP contribution in [0.1, 0.15) is 55.1 Å². The summed E-state index contributed by atoms with van der Waals surface area (Å²) >= 11 is 0. The molecule has 0 aliphatic carbocycles. The van der Waals surface area contributed by atoms with Crippen LogP contribution in [0.15, 0.2) is 48.7 Å². The van der Waals surface area contributed by atoms with Gasteiger partial charge in [0.25, 0.3) is 5.91 Å². The zero-order valence-electron chi connectivity index (χ0n) is 20.8. The van der Waals surface area contributed by atoms with E-state index in [4.69, 9.17) is 9.47 Å². The number of aromatic nitrogens is 2. The highest BCUT2D eigenvalue weighted by molar-refractivity contribution is 6.06. The minimum Gasteiger partial charge on any atom is -0.497 e. The minimum absolute atomic E-state index is 0.142. The summed E-state index contributed by atoms with van der Waals surface area (Å²) in [5.41, 5.74) is 3.21. The van der Waals surface area contributed by atoms with E-state index < -0.39 is 5.97 Å². The van der Waals surface area contributed by atoms with E-state index in [9.17, 15) is 14.4 Å². The molecule has 3 rings (SSSR count). The lowest BCUT2D eigenvalue weighted by Crippen LogP contribution is -2.37. The average Bonchev–Trinajstić information content (AvgIpc) is 3.09. The quantitative estimate of drug-likeness (QED) is 0.326. The van der Waals surface area contributed by atoms with E-state index in [0.29, 0.717) is 46.8 Å². The molecule has 1 amide bonds. The second-order valence-corrected chi connectivity index (χ2v) is 8.17. The summed E-state index contributed by atoms with van der Waals surface area (Å²) in [6.07, 6.45) is 2.19. The summed E-state index contributed by atoms with van der Waals surface area (Å²) in [5.74, 6) is -0.455. The molecule has 2 heterocycles. The predicted octanol–water partition coefficient (Wildman–Crippen LogP) is 3.79. The molecule has 1 aromatic carbocycles. The van der Waals surface area contributed by atoms with Crippen LogP contribution >= 0.6 is 0 Å². The topological polar surface area (TPSA) is 90.7 Å². The van der Waals surface area contributed by atoms with Crippen LogP contribution in [0.2, 0.25) is 0 Å². The van der Waals surface area contributed by atoms with E-state index in [2.05, 4.69) is 4.98 Å². The van der Waals surface area contributed by atoms with Crippen molar-refractivity contribution < 1.29 is 23.9 Å². The van der Waals surface area contributed by atoms with E-state index in [-0.39, 0.29) is 24.8 Å². The number of rotatable bonds is 10. The normalized spacial score (nSPS) is 10.7. The molecule has 0 saturated heterocycles. The van der Waals surface area contributed by atoms with Crippen molar-refractivity contribution in [3.8, 4) is 5.75 Å². The van der Waals surface area contributed by atoms with E-state index in [1.165, 1.54) is 12.0 Å². The van der Waals surface area contributed by atoms with E-state index in [1.807, 2.05) is 18.2 Å². The number of methoxy groups -OCH3 is 1. The van der Waals surface area contributed by atoms with Gasteiger partial charge in [0.15, 0.2) is 5.78 Å². The lowest BCUT2D eigenvalue weighted by Gasteiger charge is -2.22. The molecule has 0 atom stereocenters. The van der Waals surface area contributed by atoms with Crippen molar-refractivity contribution in [2.75, 3.05) is 26.8 Å². The van der Waals surface area contributed by atoms with Gasteiger partial charge in [-0.2, -0.15) is 0 Å². The Morgan fingerprint density at radius 2 is 1.86 bits per heavy atom. The average molecular weight is 478 g/mol. The summed E-state index contributed by atoms with van der Waals surface area (Å²) in [4.78, 5) is 45.3. The van der Waals surface area contributed by atoms with E-state index >= 15 is 0 Å². The molecular weight excluding hydrogens is 446 g/mol. The van der Waals surface area contributed by atoms with Crippen LogP contribution in [0, 0.1) is 13.8 Å². The number of hydrogen-bond donors (Lipinski definition) is 0. The first-order valence-electron chi connectivity index (χ1n) is 11.5. The number of esters is 1. The Hall–Kier alpha value is -3.94. The number of Topliss-reactive ketones (excluding diaryl/α,β-unsaturated/α-hetero) is 1. The number of benzene rings is 1. The van der Waals surface area contributed by atoms with Gasteiger partial charge in [-0.1, -0.05) is 12.1 Å². The Morgan fingerprint density at radius 1 is 1.09 bits per heavy atom. The van der Waals surface area contributed by atoms with Crippen molar-refractivity contribution in [1.29, 1.82) is 0 Å². The first-order chi connectivity index (χ1) is 16.8. The molecule has 35 heavy (non-hydrogen) atoms. The van der Waals surface area contributed by atoms with Crippen LogP contribution in [0.25, 0.3) is 0 Å². The lowest BCUT2D eigenvalue weighted by molar-refractivity contribution is 0.0514. The molecule has 0 saturated carbocycles. The van der Waals surface area contributed by atoms with Crippen LogP contribution in [-0.4, -0.2) is 58.9 Å². The second kappa shape index (κ2) is 11.5. The minimum atomic E-state index is -0.478. The molecule has 0 unspecified atom stereocenters. The number of ether oxygens (including phenoxy) is 2. The number of hydrogen-bond acceptors (Lipinski definition) is 6. The first kappa shape index (κ1) is 25.7. The number of carbonyl (C=O) groups is 3. The highest BCUT2D eigenvalue weighted by atomic mass is 16.5. The predicted molar refractivity (Wildman–Crippen MR) is 132 cm³/mol. The zero-order valence-corrected chi connectivity index (χ0v) is 20.8. The number of ketones is 1. The van der Waals surface area contributed by atoms with Gasteiger partial charge in [0.2, 0.25) is 0 Å². The van der Waals surface area contributed by atoms with Crippen LogP contribution in [-0.2, 0) is 18.2 Å². The maximum Gasteiger partial charge on any atom is 0.355 e. The Labute approximate surface area is 205 Å². The van der Waals surface area contributed by atoms with Gasteiger partial charge in [-0.3, -0.25) is 14.6 Å². The third-order valence-corrected chi connectivity index (χ3v) is 5.98. The molecule has 8 heteroatoms. The molecule has 3 aromatic rings. The molecule has 0 aliphatic rings. The SMILES string of the molecule is CCOC(=O)c1c(C)c(C(=O)CN(CCc2ccccn2)C(=O)c2cccc(OC)c2)c(C)n1C. The smallest absolute Gasteiger partial charge is 0.355 e. The molecule has 2 aromatic heterocycles. The van der Waals surface area contributed by atoms with Crippen molar-refractivity contribution in [1.82, 2.24) is 14.5 Å². The molecule has 0 fully saturated rings. The number of carbonyl (C=O) groups excluding carboxylic acids is 3. The van der Waals surface area contributed by atoms with Gasteiger partial charge in [0.1, 0.15) is 11.4 Å². The Morgan fingerprint density at radius 3 is 2.51 bits per heavy atom. The maximum atomic E-state index is 13.5. The van der Waals surface area contributed by atoms with Gasteiger partial charge >= 0.3 is 5.97 Å². The highest BCUT2D eigenvalue weighted by Crippen LogP contribution is 2.23. The standard InChI is InChI=1S/C27H31N3O5/c1-6-35-27(33)25-18(2)24(19(3)29(25)4)23(31)17-30(15-13-21-11-7-8-14-28-21)26(32)20-10-9-12-22(16-20)34-5/h7-12,14,16H,6,13,15,17H2,1-5H3. The molecule has 184 valence electrons. The molecule has 0 bridgehead atoms. The fraction of sp³-hybridized carbons (Fsp3) is 0.333. The van der Waals surface area contributed by atoms with Gasteiger partial charge in [-0.05, 0) is 56.7 Å². The van der Waals surface area contributed by atoms with Crippen molar-refractivity contribution in [2.24, 2.45) is 7.05 Å². The van der Waals surface area contributed by atoms with Crippen molar-refractivity contribution in [2.45, 2.75) is 27.2 Å². The van der Waals surface area contributed by atoms with Crippen LogP contribution in [0.3, 0.4) is 0 Å². The monoisotopic (exact) mass is 477 g/mol. The third kappa shape index (κ3) is 5.77. The van der Waals surface area contributed by atoms with Gasteiger partial charge in [0.05, 0.1) is 20.3 Å². The Bertz CT molecular complexity index is 1220. The van der Waals surface area contributed by atoms with Gasteiger partial charge in [-0.15, -0.1) is 0 Å². The highest BCUT2D eigenvalue weighted by Gasteiger charge is 2.28. The Balaban J connectivity index is 1.92. The van der Waals surface area contributed by atoms with Crippen molar-refractivity contribution >= 4 is 17.7 Å². The van der Waals surface area contributed by atoms with E-state index in [1.54, 1.807) is 62.8 Å². The summed E-state index contributed by atoms with van der Waals surface area (Å²) in [6.45, 7) is 5.64. The summed E-state index contributed by atoms with van der Waals surface area (Å²) in [6, 6.07) is 12.4. The van der Waals surface area contributed by atoms with Crippen LogP contribution < -0.4 is 4.74 Å². The summed E-state index contributed by atoms with van der Waals surface area (Å²) in [5, 5.41) is 0. The first-order valence-corrected chi connectivity index (χ1v) is 11.5. The molecule has 0 spiro atoms. The second-order valence-electron chi connectivity index (χ2n) is 8.17. The number of amides is 1. The number of pyridine rings is 1. The molecule has 0 N–H and O–H groups in total. The maximum absolute atomic E-state index is 13.5.